The van der Waals surface area contributed by atoms with Gasteiger partial charge in [0.1, 0.15) is 6.07 Å². The van der Waals surface area contributed by atoms with Crippen LogP contribution in [0, 0.1) is 34.0 Å². The molecule has 8 rings (SSSR count). The van der Waals surface area contributed by atoms with E-state index in [1.807, 2.05) is 30.3 Å². The second-order valence-corrected chi connectivity index (χ2v) is 12.8. The molecular formula is C39H19N3S2. The zero-order valence-electron chi connectivity index (χ0n) is 23.1. The standard InChI is InChI=1S/C39H19N3S2/c40-20-23-14-24(21-41)16-26(15-23)27-17-32(25-12-13-29-28-6-1-3-9-35(28)44-38(29)19-25)34(22-42)33(18-27)30-8-5-11-37-39(30)31-7-2-4-10-36(31)43-37/h1-19H. The first-order valence-corrected chi connectivity index (χ1v) is 15.6. The van der Waals surface area contributed by atoms with Crippen molar-refractivity contribution in [3.63, 3.8) is 0 Å². The van der Waals surface area contributed by atoms with Crippen molar-refractivity contribution in [2.75, 3.05) is 0 Å². The number of benzene rings is 6. The van der Waals surface area contributed by atoms with Gasteiger partial charge in [-0.25, -0.2) is 0 Å². The molecule has 0 aliphatic carbocycles. The van der Waals surface area contributed by atoms with Gasteiger partial charge in [-0.2, -0.15) is 15.8 Å². The molecule has 202 valence electrons. The van der Waals surface area contributed by atoms with Gasteiger partial charge in [0.25, 0.3) is 0 Å². The van der Waals surface area contributed by atoms with Crippen LogP contribution in [0.5, 0.6) is 0 Å². The van der Waals surface area contributed by atoms with Crippen LogP contribution in [0.3, 0.4) is 0 Å². The number of nitriles is 3. The van der Waals surface area contributed by atoms with Gasteiger partial charge in [-0.05, 0) is 76.9 Å². The summed E-state index contributed by atoms with van der Waals surface area (Å²) in [4.78, 5) is 0. The zero-order chi connectivity index (χ0) is 29.8. The van der Waals surface area contributed by atoms with Gasteiger partial charge in [0.05, 0.1) is 28.8 Å². The lowest BCUT2D eigenvalue weighted by molar-refractivity contribution is 1.44. The maximum Gasteiger partial charge on any atom is 0.100 e. The van der Waals surface area contributed by atoms with E-state index in [4.69, 9.17) is 0 Å². The van der Waals surface area contributed by atoms with Crippen LogP contribution < -0.4 is 0 Å². The topological polar surface area (TPSA) is 71.4 Å². The van der Waals surface area contributed by atoms with Crippen molar-refractivity contribution < 1.29 is 0 Å². The molecule has 2 aromatic heterocycles. The first-order chi connectivity index (χ1) is 21.6. The summed E-state index contributed by atoms with van der Waals surface area (Å²) in [5.74, 6) is 0. The van der Waals surface area contributed by atoms with Crippen LogP contribution in [0.1, 0.15) is 16.7 Å². The molecule has 0 bridgehead atoms. The summed E-state index contributed by atoms with van der Waals surface area (Å²) < 4.78 is 4.73. The smallest absolute Gasteiger partial charge is 0.100 e. The molecule has 6 aromatic carbocycles. The predicted octanol–water partition coefficient (Wildman–Crippen LogP) is 11.0. The number of thiophene rings is 2. The first-order valence-electron chi connectivity index (χ1n) is 14.0. The molecule has 0 N–H and O–H groups in total. The summed E-state index contributed by atoms with van der Waals surface area (Å²) in [5.41, 5.74) is 6.61. The molecular weight excluding hydrogens is 575 g/mol. The van der Waals surface area contributed by atoms with E-state index in [2.05, 4.69) is 97.1 Å². The molecule has 0 radical (unpaired) electrons. The zero-order valence-corrected chi connectivity index (χ0v) is 24.8. The van der Waals surface area contributed by atoms with Crippen molar-refractivity contribution in [1.29, 1.82) is 15.8 Å². The van der Waals surface area contributed by atoms with Gasteiger partial charge in [-0.1, -0.05) is 60.7 Å². The highest BCUT2D eigenvalue weighted by molar-refractivity contribution is 7.26. The van der Waals surface area contributed by atoms with Crippen molar-refractivity contribution in [2.24, 2.45) is 0 Å². The van der Waals surface area contributed by atoms with Crippen LogP contribution in [0.2, 0.25) is 0 Å². The van der Waals surface area contributed by atoms with Crippen LogP contribution >= 0.6 is 22.7 Å². The monoisotopic (exact) mass is 593 g/mol. The third-order valence-electron chi connectivity index (χ3n) is 8.16. The molecule has 3 nitrogen and oxygen atoms in total. The fourth-order valence-electron chi connectivity index (χ4n) is 6.19. The highest BCUT2D eigenvalue weighted by Crippen LogP contribution is 2.45. The van der Waals surface area contributed by atoms with Crippen molar-refractivity contribution in [3.05, 3.63) is 132 Å². The number of fused-ring (bicyclic) bond motifs is 6. The summed E-state index contributed by atoms with van der Waals surface area (Å²) in [5, 5.41) is 34.9. The number of nitrogens with zero attached hydrogens (tertiary/aromatic N) is 3. The van der Waals surface area contributed by atoms with Gasteiger partial charge >= 0.3 is 0 Å². The lowest BCUT2D eigenvalue weighted by atomic mass is 9.86. The Labute approximate surface area is 261 Å². The Morgan fingerprint density at radius 2 is 1.02 bits per heavy atom. The number of hydrogen-bond donors (Lipinski definition) is 0. The number of hydrogen-bond acceptors (Lipinski definition) is 5. The molecule has 0 unspecified atom stereocenters. The summed E-state index contributed by atoms with van der Waals surface area (Å²) in [7, 11) is 0. The van der Waals surface area contributed by atoms with E-state index >= 15 is 0 Å². The minimum atomic E-state index is 0.420. The van der Waals surface area contributed by atoms with E-state index in [-0.39, 0.29) is 0 Å². The second-order valence-electron chi connectivity index (χ2n) is 10.7. The van der Waals surface area contributed by atoms with Gasteiger partial charge in [-0.15, -0.1) is 22.7 Å². The Hall–Kier alpha value is -5.77. The minimum Gasteiger partial charge on any atom is -0.192 e. The van der Waals surface area contributed by atoms with E-state index in [1.54, 1.807) is 28.7 Å². The van der Waals surface area contributed by atoms with Crippen LogP contribution in [0.4, 0.5) is 0 Å². The molecule has 0 amide bonds. The van der Waals surface area contributed by atoms with Crippen LogP contribution in [0.15, 0.2) is 115 Å². The average molecular weight is 594 g/mol. The Bertz CT molecular complexity index is 2570. The number of rotatable bonds is 3. The van der Waals surface area contributed by atoms with Crippen molar-refractivity contribution in [1.82, 2.24) is 0 Å². The molecule has 0 atom stereocenters. The fourth-order valence-corrected chi connectivity index (χ4v) is 8.46. The molecule has 44 heavy (non-hydrogen) atoms. The van der Waals surface area contributed by atoms with E-state index in [9.17, 15) is 15.8 Å². The summed E-state index contributed by atoms with van der Waals surface area (Å²) in [6.07, 6.45) is 0. The highest BCUT2D eigenvalue weighted by atomic mass is 32.1. The van der Waals surface area contributed by atoms with Crippen molar-refractivity contribution in [2.45, 2.75) is 0 Å². The maximum atomic E-state index is 10.8. The average Bonchev–Trinajstić information content (AvgIpc) is 3.65. The highest BCUT2D eigenvalue weighted by Gasteiger charge is 2.20. The fraction of sp³-hybridized carbons (Fsp3) is 0. The second kappa shape index (κ2) is 10.2. The molecule has 8 aromatic rings. The molecule has 2 heterocycles. The molecule has 0 fully saturated rings. The summed E-state index contributed by atoms with van der Waals surface area (Å²) >= 11 is 3.49. The van der Waals surface area contributed by atoms with Gasteiger partial charge < -0.3 is 0 Å². The van der Waals surface area contributed by atoms with Gasteiger partial charge in [-0.3, -0.25) is 0 Å². The summed E-state index contributed by atoms with van der Waals surface area (Å²) in [6.45, 7) is 0. The molecule has 0 spiro atoms. The Morgan fingerprint density at radius 1 is 0.409 bits per heavy atom. The van der Waals surface area contributed by atoms with E-state index in [0.717, 1.165) is 53.6 Å². The van der Waals surface area contributed by atoms with Gasteiger partial charge in [0, 0.05) is 51.5 Å². The SMILES string of the molecule is N#Cc1cc(C#N)cc(-c2cc(-c3ccc4c(c3)sc3ccccc34)c(C#N)c(-c3cccc4sc5ccccc5c34)c2)c1. The quantitative estimate of drug-likeness (QED) is 0.205. The van der Waals surface area contributed by atoms with Gasteiger partial charge in [0.2, 0.25) is 0 Å². The summed E-state index contributed by atoms with van der Waals surface area (Å²) in [6, 6.07) is 45.7. The van der Waals surface area contributed by atoms with Crippen molar-refractivity contribution in [3.8, 4) is 51.6 Å². The van der Waals surface area contributed by atoms with Gasteiger partial charge in [0.15, 0.2) is 0 Å². The minimum absolute atomic E-state index is 0.420. The van der Waals surface area contributed by atoms with Crippen molar-refractivity contribution >= 4 is 63.0 Å². The maximum absolute atomic E-state index is 10.8. The van der Waals surface area contributed by atoms with Crippen LogP contribution in [0.25, 0.3) is 73.7 Å². The van der Waals surface area contributed by atoms with E-state index < -0.39 is 0 Å². The largest absolute Gasteiger partial charge is 0.192 e. The lowest BCUT2D eigenvalue weighted by Gasteiger charge is -2.16. The molecule has 0 saturated heterocycles. The lowest BCUT2D eigenvalue weighted by Crippen LogP contribution is -1.94. The molecule has 0 saturated carbocycles. The van der Waals surface area contributed by atoms with E-state index in [1.165, 1.54) is 20.2 Å². The van der Waals surface area contributed by atoms with E-state index in [0.29, 0.717) is 16.7 Å². The first kappa shape index (κ1) is 25.9. The molecule has 0 aliphatic heterocycles. The third-order valence-corrected chi connectivity index (χ3v) is 10.4. The predicted molar refractivity (Wildman–Crippen MR) is 183 cm³/mol. The van der Waals surface area contributed by atoms with Crippen LogP contribution in [-0.2, 0) is 0 Å². The molecule has 0 aliphatic rings. The Kier molecular flexibility index (Phi) is 6.00. The Balaban J connectivity index is 1.47. The van der Waals surface area contributed by atoms with Crippen LogP contribution in [-0.4, -0.2) is 0 Å². The Morgan fingerprint density at radius 3 is 1.77 bits per heavy atom. The molecule has 5 heteroatoms. The normalized spacial score (nSPS) is 11.1. The third kappa shape index (κ3) is 4.06.